The third kappa shape index (κ3) is 4.44. The molecule has 0 aliphatic carbocycles. The summed E-state index contributed by atoms with van der Waals surface area (Å²) < 4.78 is 5.08. The molecule has 4 heteroatoms. The van der Waals surface area contributed by atoms with Crippen molar-refractivity contribution in [2.75, 3.05) is 14.2 Å². The highest BCUT2D eigenvalue weighted by atomic mass is 16.5. The van der Waals surface area contributed by atoms with E-state index in [1.54, 1.807) is 7.11 Å². The predicted octanol–water partition coefficient (Wildman–Crippen LogP) is 1.99. The van der Waals surface area contributed by atoms with Gasteiger partial charge in [0.25, 0.3) is 0 Å². The Balaban J connectivity index is 2.54. The van der Waals surface area contributed by atoms with Gasteiger partial charge in [-0.1, -0.05) is 12.1 Å². The third-order valence-electron chi connectivity index (χ3n) is 2.81. The van der Waals surface area contributed by atoms with E-state index in [0.717, 1.165) is 17.9 Å². The highest BCUT2D eigenvalue weighted by Crippen LogP contribution is 2.14. The average Bonchev–Trinajstić information content (AvgIpc) is 2.29. The van der Waals surface area contributed by atoms with Gasteiger partial charge in [-0.3, -0.25) is 9.69 Å². The number of rotatable bonds is 6. The van der Waals surface area contributed by atoms with Crippen molar-refractivity contribution < 1.29 is 14.6 Å². The van der Waals surface area contributed by atoms with Crippen LogP contribution in [0, 0.1) is 0 Å². The van der Waals surface area contributed by atoms with Crippen LogP contribution in [-0.2, 0) is 11.3 Å². The van der Waals surface area contributed by atoms with Crippen molar-refractivity contribution in [3.63, 3.8) is 0 Å². The molecule has 1 N–H and O–H groups in total. The molecule has 1 unspecified atom stereocenters. The highest BCUT2D eigenvalue weighted by Gasteiger charge is 2.13. The fourth-order valence-corrected chi connectivity index (χ4v) is 1.58. The monoisotopic (exact) mass is 237 g/mol. The molecule has 0 saturated heterocycles. The van der Waals surface area contributed by atoms with E-state index in [2.05, 4.69) is 0 Å². The lowest BCUT2D eigenvalue weighted by Crippen LogP contribution is -2.30. The molecule has 17 heavy (non-hydrogen) atoms. The summed E-state index contributed by atoms with van der Waals surface area (Å²) >= 11 is 0. The average molecular weight is 237 g/mol. The van der Waals surface area contributed by atoms with Crippen LogP contribution in [0.3, 0.4) is 0 Å². The number of aliphatic carboxylic acids is 1. The fourth-order valence-electron chi connectivity index (χ4n) is 1.58. The van der Waals surface area contributed by atoms with Gasteiger partial charge in [0.1, 0.15) is 5.75 Å². The lowest BCUT2D eigenvalue weighted by Gasteiger charge is -2.23. The second-order valence-corrected chi connectivity index (χ2v) is 4.21. The first kappa shape index (κ1) is 13.5. The minimum Gasteiger partial charge on any atom is -0.497 e. The topological polar surface area (TPSA) is 49.8 Å². The smallest absolute Gasteiger partial charge is 0.304 e. The maximum atomic E-state index is 10.6. The molecule has 4 nitrogen and oxygen atoms in total. The normalized spacial score (nSPS) is 12.5. The summed E-state index contributed by atoms with van der Waals surface area (Å²) in [5, 5.41) is 8.72. The Hall–Kier alpha value is -1.55. The molecule has 0 heterocycles. The summed E-state index contributed by atoms with van der Waals surface area (Å²) in [7, 11) is 3.56. The zero-order valence-corrected chi connectivity index (χ0v) is 10.5. The maximum Gasteiger partial charge on any atom is 0.304 e. The van der Waals surface area contributed by atoms with Crippen LogP contribution in [0.1, 0.15) is 18.9 Å². The molecule has 0 saturated carbocycles. The van der Waals surface area contributed by atoms with E-state index in [4.69, 9.17) is 9.84 Å². The largest absolute Gasteiger partial charge is 0.497 e. The van der Waals surface area contributed by atoms with Crippen LogP contribution in [-0.4, -0.2) is 36.2 Å². The standard InChI is InChI=1S/C13H19NO3/c1-10(8-13(15)16)14(2)9-11-4-6-12(17-3)7-5-11/h4-7,10H,8-9H2,1-3H3,(H,15,16). The van der Waals surface area contributed by atoms with Gasteiger partial charge in [0, 0.05) is 12.6 Å². The molecular formula is C13H19NO3. The molecule has 94 valence electrons. The molecule has 0 bridgehead atoms. The number of carboxylic acids is 1. The van der Waals surface area contributed by atoms with Crippen LogP contribution in [0.2, 0.25) is 0 Å². The molecule has 1 aromatic rings. The van der Waals surface area contributed by atoms with E-state index in [0.29, 0.717) is 0 Å². The summed E-state index contributed by atoms with van der Waals surface area (Å²) in [6, 6.07) is 7.82. The van der Waals surface area contributed by atoms with E-state index >= 15 is 0 Å². The van der Waals surface area contributed by atoms with Crippen molar-refractivity contribution in [2.24, 2.45) is 0 Å². The summed E-state index contributed by atoms with van der Waals surface area (Å²) in [6.07, 6.45) is 0.159. The molecule has 0 radical (unpaired) electrons. The van der Waals surface area contributed by atoms with Crippen LogP contribution in [0.25, 0.3) is 0 Å². The third-order valence-corrected chi connectivity index (χ3v) is 2.81. The highest BCUT2D eigenvalue weighted by molar-refractivity contribution is 5.67. The lowest BCUT2D eigenvalue weighted by molar-refractivity contribution is -0.138. The number of carbonyl (C=O) groups is 1. The first-order valence-corrected chi connectivity index (χ1v) is 5.58. The SMILES string of the molecule is COc1ccc(CN(C)C(C)CC(=O)O)cc1. The number of benzene rings is 1. The van der Waals surface area contributed by atoms with Gasteiger partial charge >= 0.3 is 5.97 Å². The van der Waals surface area contributed by atoms with Crippen molar-refractivity contribution in [3.05, 3.63) is 29.8 Å². The zero-order valence-electron chi connectivity index (χ0n) is 10.5. The Bertz CT molecular complexity index is 361. The van der Waals surface area contributed by atoms with E-state index in [9.17, 15) is 4.79 Å². The number of hydrogen-bond acceptors (Lipinski definition) is 3. The Kier molecular flexibility index (Phi) is 4.97. The second-order valence-electron chi connectivity index (χ2n) is 4.21. The molecule has 1 atom stereocenters. The number of nitrogens with zero attached hydrogens (tertiary/aromatic N) is 1. The van der Waals surface area contributed by atoms with Gasteiger partial charge in [-0.2, -0.15) is 0 Å². The maximum absolute atomic E-state index is 10.6. The molecule has 1 aromatic carbocycles. The van der Waals surface area contributed by atoms with Crippen LogP contribution in [0.5, 0.6) is 5.75 Å². The molecule has 0 spiro atoms. The molecular weight excluding hydrogens is 218 g/mol. The minimum absolute atomic E-state index is 0.0228. The van der Waals surface area contributed by atoms with Crippen LogP contribution < -0.4 is 4.74 Å². The van der Waals surface area contributed by atoms with E-state index in [1.165, 1.54) is 0 Å². The van der Waals surface area contributed by atoms with Gasteiger partial charge in [0.05, 0.1) is 13.5 Å². The van der Waals surface area contributed by atoms with Crippen molar-refractivity contribution in [1.29, 1.82) is 0 Å². The van der Waals surface area contributed by atoms with Crippen molar-refractivity contribution in [1.82, 2.24) is 4.90 Å². The van der Waals surface area contributed by atoms with Crippen LogP contribution >= 0.6 is 0 Å². The van der Waals surface area contributed by atoms with Crippen molar-refractivity contribution in [2.45, 2.75) is 25.9 Å². The molecule has 0 aliphatic heterocycles. The minimum atomic E-state index is -0.765. The quantitative estimate of drug-likeness (QED) is 0.822. The Morgan fingerprint density at radius 1 is 1.41 bits per heavy atom. The summed E-state index contributed by atoms with van der Waals surface area (Å²) in [5.41, 5.74) is 1.14. The zero-order chi connectivity index (χ0) is 12.8. The van der Waals surface area contributed by atoms with Gasteiger partial charge in [0.2, 0.25) is 0 Å². The first-order chi connectivity index (χ1) is 8.02. The van der Waals surface area contributed by atoms with Crippen molar-refractivity contribution >= 4 is 5.97 Å². The number of hydrogen-bond donors (Lipinski definition) is 1. The van der Waals surface area contributed by atoms with E-state index in [-0.39, 0.29) is 12.5 Å². The van der Waals surface area contributed by atoms with Crippen molar-refractivity contribution in [3.8, 4) is 5.75 Å². The second kappa shape index (κ2) is 6.25. The number of methoxy groups -OCH3 is 1. The fraction of sp³-hybridized carbons (Fsp3) is 0.462. The Labute approximate surface area is 102 Å². The first-order valence-electron chi connectivity index (χ1n) is 5.58. The van der Waals surface area contributed by atoms with Gasteiger partial charge in [-0.15, -0.1) is 0 Å². The Morgan fingerprint density at radius 2 is 2.00 bits per heavy atom. The lowest BCUT2D eigenvalue weighted by atomic mass is 10.1. The Morgan fingerprint density at radius 3 is 2.47 bits per heavy atom. The van der Waals surface area contributed by atoms with Gasteiger partial charge in [-0.05, 0) is 31.7 Å². The van der Waals surface area contributed by atoms with Crippen LogP contribution in [0.15, 0.2) is 24.3 Å². The summed E-state index contributed by atoms with van der Waals surface area (Å²) in [6.45, 7) is 2.65. The van der Waals surface area contributed by atoms with Gasteiger partial charge in [0.15, 0.2) is 0 Å². The molecule has 0 aliphatic rings. The number of carboxylic acid groups (broad SMARTS) is 1. The van der Waals surface area contributed by atoms with Crippen LogP contribution in [0.4, 0.5) is 0 Å². The molecule has 0 aromatic heterocycles. The number of ether oxygens (including phenoxy) is 1. The molecule has 1 rings (SSSR count). The summed E-state index contributed by atoms with van der Waals surface area (Å²) in [4.78, 5) is 12.6. The summed E-state index contributed by atoms with van der Waals surface area (Å²) in [5.74, 6) is 0.0640. The predicted molar refractivity (Wildman–Crippen MR) is 66.2 cm³/mol. The van der Waals surface area contributed by atoms with Gasteiger partial charge < -0.3 is 9.84 Å². The van der Waals surface area contributed by atoms with E-state index in [1.807, 2.05) is 43.1 Å². The van der Waals surface area contributed by atoms with Gasteiger partial charge in [-0.25, -0.2) is 0 Å². The molecule has 0 fully saturated rings. The molecule has 0 amide bonds. The van der Waals surface area contributed by atoms with E-state index < -0.39 is 5.97 Å².